The van der Waals surface area contributed by atoms with E-state index in [2.05, 4.69) is 15.5 Å². The Morgan fingerprint density at radius 2 is 2.09 bits per heavy atom. The highest BCUT2D eigenvalue weighted by Gasteiger charge is 2.27. The molecule has 0 aliphatic heterocycles. The molecule has 0 unspecified atom stereocenters. The normalized spacial score (nSPS) is 12.4. The maximum atomic E-state index is 12.6. The van der Waals surface area contributed by atoms with E-state index in [1.165, 1.54) is 4.68 Å². The van der Waals surface area contributed by atoms with Crippen LogP contribution in [0.3, 0.4) is 0 Å². The van der Waals surface area contributed by atoms with Crippen molar-refractivity contribution in [1.82, 2.24) is 24.9 Å². The summed E-state index contributed by atoms with van der Waals surface area (Å²) in [6.45, 7) is 5.53. The second kappa shape index (κ2) is 6.64. The van der Waals surface area contributed by atoms with Crippen LogP contribution in [0.1, 0.15) is 36.3 Å². The Balaban J connectivity index is 2.34. The summed E-state index contributed by atoms with van der Waals surface area (Å²) in [4.78, 5) is 24.0. The molecule has 8 nitrogen and oxygen atoms in total. The van der Waals surface area contributed by atoms with Gasteiger partial charge in [0.25, 0.3) is 5.91 Å². The summed E-state index contributed by atoms with van der Waals surface area (Å²) in [5.74, 6) is -0.862. The molecule has 2 aromatic heterocycles. The molecule has 0 fully saturated rings. The summed E-state index contributed by atoms with van der Waals surface area (Å²) >= 11 is 0. The van der Waals surface area contributed by atoms with Crippen molar-refractivity contribution in [1.29, 1.82) is 0 Å². The summed E-state index contributed by atoms with van der Waals surface area (Å²) in [7, 11) is 1.71. The number of carbonyl (C=O) groups excluding carboxylic acids is 1. The Labute approximate surface area is 134 Å². The third-order valence-electron chi connectivity index (χ3n) is 3.45. The van der Waals surface area contributed by atoms with Crippen LogP contribution >= 0.6 is 0 Å². The molecule has 0 saturated carbocycles. The number of hydrogen-bond donors (Lipinski definition) is 2. The number of aliphatic carboxylic acids is 1. The maximum absolute atomic E-state index is 12.6. The number of nitrogens with zero attached hydrogens (tertiary/aromatic N) is 4. The number of nitrogens with one attached hydrogen (secondary N) is 1. The van der Waals surface area contributed by atoms with Crippen LogP contribution in [0.15, 0.2) is 18.5 Å². The second-order valence-electron chi connectivity index (χ2n) is 5.85. The first kappa shape index (κ1) is 16.7. The fourth-order valence-electron chi connectivity index (χ4n) is 2.49. The van der Waals surface area contributed by atoms with Crippen molar-refractivity contribution >= 4 is 11.9 Å². The van der Waals surface area contributed by atoms with Gasteiger partial charge in [0.05, 0.1) is 5.69 Å². The van der Waals surface area contributed by atoms with E-state index in [0.29, 0.717) is 23.5 Å². The summed E-state index contributed by atoms with van der Waals surface area (Å²) in [6.07, 6.45) is 3.66. The molecule has 8 heteroatoms. The van der Waals surface area contributed by atoms with E-state index in [4.69, 9.17) is 0 Å². The molecule has 1 amide bonds. The van der Waals surface area contributed by atoms with Gasteiger partial charge in [-0.2, -0.15) is 10.2 Å². The largest absolute Gasteiger partial charge is 0.480 e. The fourth-order valence-corrected chi connectivity index (χ4v) is 2.49. The molecule has 0 aliphatic carbocycles. The van der Waals surface area contributed by atoms with Gasteiger partial charge in [0.2, 0.25) is 0 Å². The minimum absolute atomic E-state index is 0.150. The van der Waals surface area contributed by atoms with Gasteiger partial charge in [0, 0.05) is 19.4 Å². The van der Waals surface area contributed by atoms with Crippen LogP contribution in [0.5, 0.6) is 0 Å². The smallest absolute Gasteiger partial charge is 0.326 e. The topological polar surface area (TPSA) is 102 Å². The highest BCUT2D eigenvalue weighted by Crippen LogP contribution is 2.18. The molecule has 0 spiro atoms. The zero-order valence-corrected chi connectivity index (χ0v) is 13.6. The third-order valence-corrected chi connectivity index (χ3v) is 3.45. The molecule has 2 heterocycles. The lowest BCUT2D eigenvalue weighted by atomic mass is 10.0. The van der Waals surface area contributed by atoms with Gasteiger partial charge in [-0.15, -0.1) is 0 Å². The Morgan fingerprint density at radius 3 is 2.61 bits per heavy atom. The predicted molar refractivity (Wildman–Crippen MR) is 83.4 cm³/mol. The van der Waals surface area contributed by atoms with Crippen molar-refractivity contribution in [2.45, 2.75) is 33.2 Å². The van der Waals surface area contributed by atoms with Gasteiger partial charge in [-0.1, -0.05) is 13.8 Å². The molecule has 0 bridgehead atoms. The lowest BCUT2D eigenvalue weighted by Crippen LogP contribution is -2.42. The SMILES string of the molecule is Cc1nn(C)c(-n2cccn2)c1C(=O)N[C@H](CC(C)C)C(=O)O. The van der Waals surface area contributed by atoms with Crippen LogP contribution in [0.4, 0.5) is 0 Å². The maximum Gasteiger partial charge on any atom is 0.326 e. The van der Waals surface area contributed by atoms with Crippen LogP contribution in [0.2, 0.25) is 0 Å². The molecular weight excluding hydrogens is 298 g/mol. The van der Waals surface area contributed by atoms with Crippen LogP contribution in [-0.2, 0) is 11.8 Å². The van der Waals surface area contributed by atoms with Gasteiger partial charge in [-0.3, -0.25) is 4.79 Å². The molecule has 124 valence electrons. The molecule has 2 N–H and O–H groups in total. The van der Waals surface area contributed by atoms with E-state index in [1.807, 2.05) is 13.8 Å². The Kier molecular flexibility index (Phi) is 4.83. The highest BCUT2D eigenvalue weighted by molar-refractivity contribution is 6.00. The van der Waals surface area contributed by atoms with Crippen LogP contribution in [0.25, 0.3) is 5.82 Å². The monoisotopic (exact) mass is 319 g/mol. The van der Waals surface area contributed by atoms with E-state index in [1.54, 1.807) is 37.1 Å². The fraction of sp³-hybridized carbons (Fsp3) is 0.467. The Bertz CT molecular complexity index is 703. The van der Waals surface area contributed by atoms with Crippen LogP contribution < -0.4 is 5.32 Å². The average Bonchev–Trinajstić information content (AvgIpc) is 3.04. The molecule has 0 saturated heterocycles. The van der Waals surface area contributed by atoms with Crippen molar-refractivity contribution in [3.05, 3.63) is 29.7 Å². The first-order valence-electron chi connectivity index (χ1n) is 7.38. The standard InChI is InChI=1S/C15H21N5O3/c1-9(2)8-11(15(22)23)17-13(21)12-10(3)18-19(4)14(12)20-7-5-6-16-20/h5-7,9,11H,8H2,1-4H3,(H,17,21)(H,22,23)/t11-/m1/s1. The van der Waals surface area contributed by atoms with Crippen LogP contribution in [-0.4, -0.2) is 42.6 Å². The van der Waals surface area contributed by atoms with Crippen molar-refractivity contribution in [2.75, 3.05) is 0 Å². The number of carbonyl (C=O) groups is 2. The van der Waals surface area contributed by atoms with E-state index in [9.17, 15) is 14.7 Å². The summed E-state index contributed by atoms with van der Waals surface area (Å²) < 4.78 is 3.09. The first-order chi connectivity index (χ1) is 10.8. The van der Waals surface area contributed by atoms with E-state index >= 15 is 0 Å². The minimum Gasteiger partial charge on any atom is -0.480 e. The van der Waals surface area contributed by atoms with Crippen molar-refractivity contribution in [2.24, 2.45) is 13.0 Å². The first-order valence-corrected chi connectivity index (χ1v) is 7.38. The average molecular weight is 319 g/mol. The number of hydrogen-bond acceptors (Lipinski definition) is 4. The third kappa shape index (κ3) is 3.58. The summed E-state index contributed by atoms with van der Waals surface area (Å²) in [6, 6.07) is 0.801. The molecule has 2 aromatic rings. The van der Waals surface area contributed by atoms with E-state index < -0.39 is 17.9 Å². The lowest BCUT2D eigenvalue weighted by Gasteiger charge is -2.17. The van der Waals surface area contributed by atoms with E-state index in [-0.39, 0.29) is 5.92 Å². The van der Waals surface area contributed by atoms with Crippen molar-refractivity contribution in [3.8, 4) is 5.82 Å². The quantitative estimate of drug-likeness (QED) is 0.831. The zero-order valence-electron chi connectivity index (χ0n) is 13.6. The van der Waals surface area contributed by atoms with Gasteiger partial charge < -0.3 is 10.4 Å². The number of aromatic nitrogens is 4. The molecular formula is C15H21N5O3. The summed E-state index contributed by atoms with van der Waals surface area (Å²) in [5.41, 5.74) is 0.843. The molecule has 23 heavy (non-hydrogen) atoms. The van der Waals surface area contributed by atoms with Gasteiger partial charge in [0.15, 0.2) is 5.82 Å². The zero-order chi connectivity index (χ0) is 17.1. The molecule has 0 radical (unpaired) electrons. The van der Waals surface area contributed by atoms with Gasteiger partial charge in [-0.25, -0.2) is 14.2 Å². The molecule has 1 atom stereocenters. The van der Waals surface area contributed by atoms with Crippen molar-refractivity contribution in [3.63, 3.8) is 0 Å². The van der Waals surface area contributed by atoms with Crippen LogP contribution in [0, 0.1) is 12.8 Å². The predicted octanol–water partition coefficient (Wildman–Crippen LogP) is 1.14. The Hall–Kier alpha value is -2.64. The van der Waals surface area contributed by atoms with Gasteiger partial charge in [0.1, 0.15) is 11.6 Å². The summed E-state index contributed by atoms with van der Waals surface area (Å²) in [5, 5.41) is 20.3. The number of carboxylic acid groups (broad SMARTS) is 1. The second-order valence-corrected chi connectivity index (χ2v) is 5.85. The van der Waals surface area contributed by atoms with E-state index in [0.717, 1.165) is 0 Å². The number of rotatable bonds is 6. The molecule has 2 rings (SSSR count). The van der Waals surface area contributed by atoms with Gasteiger partial charge in [-0.05, 0) is 25.3 Å². The Morgan fingerprint density at radius 1 is 1.39 bits per heavy atom. The highest BCUT2D eigenvalue weighted by atomic mass is 16.4. The number of carboxylic acids is 1. The number of aryl methyl sites for hydroxylation is 2. The molecule has 0 aliphatic rings. The van der Waals surface area contributed by atoms with Crippen molar-refractivity contribution < 1.29 is 14.7 Å². The molecule has 0 aromatic carbocycles. The van der Waals surface area contributed by atoms with Gasteiger partial charge >= 0.3 is 5.97 Å². The minimum atomic E-state index is -1.05. The lowest BCUT2D eigenvalue weighted by molar-refractivity contribution is -0.139. The number of amides is 1.